The predicted octanol–water partition coefficient (Wildman–Crippen LogP) is 1.79. The Balaban J connectivity index is 2.34. The van der Waals surface area contributed by atoms with Gasteiger partial charge in [0.15, 0.2) is 0 Å². The van der Waals surface area contributed by atoms with E-state index in [1.54, 1.807) is 7.11 Å². The van der Waals surface area contributed by atoms with Gasteiger partial charge in [-0.05, 0) is 12.1 Å². The van der Waals surface area contributed by atoms with Gasteiger partial charge < -0.3 is 14.4 Å². The van der Waals surface area contributed by atoms with Crippen molar-refractivity contribution in [2.24, 2.45) is 0 Å². The van der Waals surface area contributed by atoms with Crippen molar-refractivity contribution < 1.29 is 14.3 Å². The maximum atomic E-state index is 11.4. The van der Waals surface area contributed by atoms with Crippen LogP contribution in [0.3, 0.4) is 0 Å². The van der Waals surface area contributed by atoms with E-state index in [4.69, 9.17) is 9.47 Å². The van der Waals surface area contributed by atoms with Crippen molar-refractivity contribution in [3.8, 4) is 5.75 Å². The van der Waals surface area contributed by atoms with Gasteiger partial charge in [-0.15, -0.1) is 0 Å². The average Bonchev–Trinajstić information content (AvgIpc) is 2.66. The van der Waals surface area contributed by atoms with Crippen molar-refractivity contribution >= 4 is 11.7 Å². The maximum Gasteiger partial charge on any atom is 0.306 e. The molecule has 1 aromatic carbocycles. The molecule has 92 valence electrons. The van der Waals surface area contributed by atoms with Crippen molar-refractivity contribution in [1.82, 2.24) is 0 Å². The third-order valence-electron chi connectivity index (χ3n) is 3.22. The monoisotopic (exact) mass is 235 g/mol. The van der Waals surface area contributed by atoms with E-state index in [-0.39, 0.29) is 11.9 Å². The fraction of sp³-hybridized carbons (Fsp3) is 0.462. The summed E-state index contributed by atoms with van der Waals surface area (Å²) in [4.78, 5) is 13.5. The summed E-state index contributed by atoms with van der Waals surface area (Å²) in [5, 5.41) is 0. The minimum atomic E-state index is -0.179. The zero-order chi connectivity index (χ0) is 12.4. The first-order chi connectivity index (χ1) is 8.17. The van der Waals surface area contributed by atoms with Crippen molar-refractivity contribution in [2.75, 3.05) is 32.7 Å². The number of likely N-dealkylation sites (N-methyl/N-ethyl adjacent to an activating group) is 1. The maximum absolute atomic E-state index is 11.4. The van der Waals surface area contributed by atoms with Gasteiger partial charge in [0.25, 0.3) is 0 Å². The van der Waals surface area contributed by atoms with Gasteiger partial charge in [-0.1, -0.05) is 6.07 Å². The Hall–Kier alpha value is -1.71. The number of anilines is 1. The van der Waals surface area contributed by atoms with Crippen molar-refractivity contribution in [3.05, 3.63) is 23.8 Å². The van der Waals surface area contributed by atoms with E-state index in [9.17, 15) is 4.79 Å². The SMILES string of the molecule is COC(=O)CC1CN(C)c2cccc(OC)c21. The summed E-state index contributed by atoms with van der Waals surface area (Å²) in [6.07, 6.45) is 0.397. The summed E-state index contributed by atoms with van der Waals surface area (Å²) in [6.45, 7) is 0.824. The van der Waals surface area contributed by atoms with Crippen molar-refractivity contribution in [3.63, 3.8) is 0 Å². The molecule has 17 heavy (non-hydrogen) atoms. The predicted molar refractivity (Wildman–Crippen MR) is 65.6 cm³/mol. The molecule has 0 radical (unpaired) electrons. The third-order valence-corrected chi connectivity index (χ3v) is 3.22. The van der Waals surface area contributed by atoms with Gasteiger partial charge in [-0.25, -0.2) is 0 Å². The van der Waals surface area contributed by atoms with E-state index in [0.29, 0.717) is 6.42 Å². The molecule has 1 heterocycles. The van der Waals surface area contributed by atoms with Gasteiger partial charge in [0, 0.05) is 30.8 Å². The second kappa shape index (κ2) is 4.65. The second-order valence-corrected chi connectivity index (χ2v) is 4.25. The smallest absolute Gasteiger partial charge is 0.306 e. The number of esters is 1. The standard InChI is InChI=1S/C13H17NO3/c1-14-8-9(7-12(15)17-3)13-10(14)5-4-6-11(13)16-2/h4-6,9H,7-8H2,1-3H3. The summed E-state index contributed by atoms with van der Waals surface area (Å²) in [5.41, 5.74) is 2.25. The van der Waals surface area contributed by atoms with Crippen molar-refractivity contribution in [2.45, 2.75) is 12.3 Å². The fourth-order valence-corrected chi connectivity index (χ4v) is 2.42. The molecule has 1 aromatic rings. The first-order valence-corrected chi connectivity index (χ1v) is 5.62. The number of benzene rings is 1. The number of hydrogen-bond donors (Lipinski definition) is 0. The molecule has 0 aliphatic carbocycles. The number of methoxy groups -OCH3 is 2. The summed E-state index contributed by atoms with van der Waals surface area (Å²) < 4.78 is 10.1. The molecule has 0 aromatic heterocycles. The van der Waals surface area contributed by atoms with Crippen LogP contribution in [0.15, 0.2) is 18.2 Å². The number of ether oxygens (including phenoxy) is 2. The van der Waals surface area contributed by atoms with Gasteiger partial charge in [0.2, 0.25) is 0 Å². The highest BCUT2D eigenvalue weighted by atomic mass is 16.5. The molecule has 0 amide bonds. The van der Waals surface area contributed by atoms with E-state index in [1.807, 2.05) is 19.2 Å². The van der Waals surface area contributed by atoms with Gasteiger partial charge in [0.1, 0.15) is 5.75 Å². The number of carbonyl (C=O) groups excluding carboxylic acids is 1. The molecule has 0 saturated heterocycles. The Bertz CT molecular complexity index is 431. The summed E-state index contributed by atoms with van der Waals surface area (Å²) in [7, 11) is 5.10. The number of fused-ring (bicyclic) bond motifs is 1. The van der Waals surface area contributed by atoms with Gasteiger partial charge in [0.05, 0.1) is 20.6 Å². The summed E-state index contributed by atoms with van der Waals surface area (Å²) in [6, 6.07) is 5.95. The first-order valence-electron chi connectivity index (χ1n) is 5.62. The molecule has 0 bridgehead atoms. The Morgan fingerprint density at radius 2 is 2.24 bits per heavy atom. The molecule has 1 atom stereocenters. The molecule has 0 spiro atoms. The molecule has 1 aliphatic rings. The van der Waals surface area contributed by atoms with Gasteiger partial charge >= 0.3 is 5.97 Å². The quantitative estimate of drug-likeness (QED) is 0.749. The summed E-state index contributed by atoms with van der Waals surface area (Å²) >= 11 is 0. The Kier molecular flexibility index (Phi) is 3.22. The van der Waals surface area contributed by atoms with E-state index >= 15 is 0 Å². The number of nitrogens with zero attached hydrogens (tertiary/aromatic N) is 1. The van der Waals surface area contributed by atoms with Gasteiger partial charge in [-0.3, -0.25) is 4.79 Å². The van der Waals surface area contributed by atoms with E-state index in [0.717, 1.165) is 23.5 Å². The zero-order valence-electron chi connectivity index (χ0n) is 10.4. The second-order valence-electron chi connectivity index (χ2n) is 4.25. The average molecular weight is 235 g/mol. The highest BCUT2D eigenvalue weighted by Gasteiger charge is 2.31. The topological polar surface area (TPSA) is 38.8 Å². The fourth-order valence-electron chi connectivity index (χ4n) is 2.42. The summed E-state index contributed by atoms with van der Waals surface area (Å²) in [5.74, 6) is 0.821. The molecule has 2 rings (SSSR count). The molecule has 0 saturated carbocycles. The number of carbonyl (C=O) groups is 1. The molecule has 1 unspecified atom stereocenters. The molecular weight excluding hydrogens is 218 g/mol. The molecule has 4 heteroatoms. The lowest BCUT2D eigenvalue weighted by Gasteiger charge is -2.12. The number of rotatable bonds is 3. The van der Waals surface area contributed by atoms with Crippen LogP contribution in [0.4, 0.5) is 5.69 Å². The molecule has 0 N–H and O–H groups in total. The number of hydrogen-bond acceptors (Lipinski definition) is 4. The Morgan fingerprint density at radius 1 is 1.47 bits per heavy atom. The third kappa shape index (κ3) is 2.07. The van der Waals surface area contributed by atoms with E-state index in [2.05, 4.69) is 11.0 Å². The highest BCUT2D eigenvalue weighted by molar-refractivity contribution is 5.74. The molecule has 4 nitrogen and oxygen atoms in total. The molecular formula is C13H17NO3. The first kappa shape index (κ1) is 11.8. The Labute approximate surface area is 101 Å². The zero-order valence-corrected chi connectivity index (χ0v) is 10.4. The molecule has 0 fully saturated rings. The van der Waals surface area contributed by atoms with Gasteiger partial charge in [-0.2, -0.15) is 0 Å². The van der Waals surface area contributed by atoms with Crippen molar-refractivity contribution in [1.29, 1.82) is 0 Å². The van der Waals surface area contributed by atoms with Crippen LogP contribution in [0.1, 0.15) is 17.9 Å². The van der Waals surface area contributed by atoms with E-state index < -0.39 is 0 Å². The van der Waals surface area contributed by atoms with Crippen LogP contribution in [0.2, 0.25) is 0 Å². The van der Waals surface area contributed by atoms with E-state index in [1.165, 1.54) is 7.11 Å². The highest BCUT2D eigenvalue weighted by Crippen LogP contribution is 2.42. The van der Waals surface area contributed by atoms with Crippen LogP contribution in [0.5, 0.6) is 5.75 Å². The normalized spacial score (nSPS) is 17.8. The van der Waals surface area contributed by atoms with Crippen LogP contribution in [-0.4, -0.2) is 33.8 Å². The minimum Gasteiger partial charge on any atom is -0.496 e. The lowest BCUT2D eigenvalue weighted by Crippen LogP contribution is -2.17. The van der Waals surface area contributed by atoms with Crippen LogP contribution in [0.25, 0.3) is 0 Å². The van der Waals surface area contributed by atoms with Crippen LogP contribution in [-0.2, 0) is 9.53 Å². The molecule has 1 aliphatic heterocycles. The van der Waals surface area contributed by atoms with Crippen LogP contribution >= 0.6 is 0 Å². The Morgan fingerprint density at radius 3 is 2.88 bits per heavy atom. The van der Waals surface area contributed by atoms with Crippen LogP contribution < -0.4 is 9.64 Å². The largest absolute Gasteiger partial charge is 0.496 e. The van der Waals surface area contributed by atoms with Crippen LogP contribution in [0, 0.1) is 0 Å². The minimum absolute atomic E-state index is 0.151. The lowest BCUT2D eigenvalue weighted by molar-refractivity contribution is -0.140. The lowest BCUT2D eigenvalue weighted by atomic mass is 9.97.